The van der Waals surface area contributed by atoms with Crippen LogP contribution in [0.1, 0.15) is 23.7 Å². The molecule has 1 aliphatic heterocycles. The van der Waals surface area contributed by atoms with Crippen molar-refractivity contribution in [3.8, 4) is 5.88 Å². The van der Waals surface area contributed by atoms with Gasteiger partial charge in [-0.3, -0.25) is 4.90 Å². The largest absolute Gasteiger partial charge is 0.481 e. The molecular formula is C17H18F2N2O2. The van der Waals surface area contributed by atoms with Crippen molar-refractivity contribution < 1.29 is 18.6 Å². The van der Waals surface area contributed by atoms with Crippen LogP contribution in [0.4, 0.5) is 8.78 Å². The van der Waals surface area contributed by atoms with Crippen LogP contribution < -0.4 is 4.74 Å². The molecule has 1 fully saturated rings. The van der Waals surface area contributed by atoms with Crippen molar-refractivity contribution in [2.45, 2.75) is 25.1 Å². The summed E-state index contributed by atoms with van der Waals surface area (Å²) in [5.74, 6) is -0.452. The van der Waals surface area contributed by atoms with Crippen LogP contribution in [0.2, 0.25) is 0 Å². The van der Waals surface area contributed by atoms with Crippen LogP contribution in [-0.4, -0.2) is 34.7 Å². The van der Waals surface area contributed by atoms with E-state index in [0.29, 0.717) is 25.4 Å². The Morgan fingerprint density at radius 2 is 2.13 bits per heavy atom. The fourth-order valence-electron chi connectivity index (χ4n) is 3.02. The van der Waals surface area contributed by atoms with E-state index in [9.17, 15) is 13.9 Å². The predicted octanol–water partition coefficient (Wildman–Crippen LogP) is 2.68. The van der Waals surface area contributed by atoms with Gasteiger partial charge in [-0.25, -0.2) is 13.8 Å². The summed E-state index contributed by atoms with van der Waals surface area (Å²) in [6.07, 6.45) is -0.210. The van der Waals surface area contributed by atoms with Crippen molar-refractivity contribution in [1.82, 2.24) is 9.88 Å². The van der Waals surface area contributed by atoms with Crippen molar-refractivity contribution in [2.24, 2.45) is 0 Å². The number of β-amino-alcohol motifs (C(OH)–C–C–N with tert-alkyl or cyclic N) is 1. The van der Waals surface area contributed by atoms with E-state index in [4.69, 9.17) is 4.74 Å². The average molecular weight is 320 g/mol. The van der Waals surface area contributed by atoms with Gasteiger partial charge >= 0.3 is 0 Å². The van der Waals surface area contributed by atoms with Gasteiger partial charge in [0, 0.05) is 30.8 Å². The van der Waals surface area contributed by atoms with Crippen LogP contribution in [0, 0.1) is 11.6 Å². The van der Waals surface area contributed by atoms with Crippen LogP contribution >= 0.6 is 0 Å². The van der Waals surface area contributed by atoms with Gasteiger partial charge in [-0.1, -0.05) is 6.07 Å². The lowest BCUT2D eigenvalue weighted by molar-refractivity contribution is 0.171. The number of rotatable bonds is 4. The van der Waals surface area contributed by atoms with E-state index >= 15 is 0 Å². The van der Waals surface area contributed by atoms with Crippen molar-refractivity contribution in [2.75, 3.05) is 13.7 Å². The number of benzene rings is 1. The molecule has 0 radical (unpaired) electrons. The van der Waals surface area contributed by atoms with Gasteiger partial charge in [0.25, 0.3) is 0 Å². The Labute approximate surface area is 133 Å². The van der Waals surface area contributed by atoms with Gasteiger partial charge < -0.3 is 9.84 Å². The summed E-state index contributed by atoms with van der Waals surface area (Å²) in [5.41, 5.74) is 1.02. The van der Waals surface area contributed by atoms with Gasteiger partial charge in [0.15, 0.2) is 0 Å². The third kappa shape index (κ3) is 3.48. The summed E-state index contributed by atoms with van der Waals surface area (Å²) >= 11 is 0. The molecule has 2 aromatic rings. The second kappa shape index (κ2) is 6.60. The Hall–Kier alpha value is -2.05. The van der Waals surface area contributed by atoms with E-state index in [1.165, 1.54) is 13.2 Å². The third-order valence-corrected chi connectivity index (χ3v) is 4.05. The van der Waals surface area contributed by atoms with E-state index in [1.54, 1.807) is 6.07 Å². The second-order valence-electron chi connectivity index (χ2n) is 5.67. The number of aromatic nitrogens is 1. The fourth-order valence-corrected chi connectivity index (χ4v) is 3.02. The molecule has 23 heavy (non-hydrogen) atoms. The first-order valence-electron chi connectivity index (χ1n) is 7.44. The summed E-state index contributed by atoms with van der Waals surface area (Å²) in [6, 6.07) is 8.44. The molecule has 0 spiro atoms. The maximum atomic E-state index is 14.1. The molecule has 1 saturated heterocycles. The molecule has 0 aliphatic carbocycles. The zero-order chi connectivity index (χ0) is 16.4. The number of ether oxygens (including phenoxy) is 1. The molecule has 3 rings (SSSR count). The number of pyridine rings is 1. The van der Waals surface area contributed by atoms with Gasteiger partial charge in [-0.15, -0.1) is 0 Å². The molecule has 0 saturated carbocycles. The highest BCUT2D eigenvalue weighted by Crippen LogP contribution is 2.35. The topological polar surface area (TPSA) is 45.6 Å². The molecule has 2 atom stereocenters. The number of likely N-dealkylation sites (tertiary alicyclic amines) is 1. The lowest BCUT2D eigenvalue weighted by Crippen LogP contribution is -2.25. The quantitative estimate of drug-likeness (QED) is 0.941. The summed E-state index contributed by atoms with van der Waals surface area (Å²) in [5, 5.41) is 9.97. The number of hydrogen-bond donors (Lipinski definition) is 1. The molecule has 1 aromatic carbocycles. The monoisotopic (exact) mass is 320 g/mol. The van der Waals surface area contributed by atoms with Crippen LogP contribution in [0.15, 0.2) is 36.4 Å². The molecule has 2 unspecified atom stereocenters. The van der Waals surface area contributed by atoms with Crippen LogP contribution in [-0.2, 0) is 6.54 Å². The molecule has 6 heteroatoms. The Bertz CT molecular complexity index is 696. The molecule has 0 bridgehead atoms. The highest BCUT2D eigenvalue weighted by molar-refractivity contribution is 5.24. The minimum Gasteiger partial charge on any atom is -0.481 e. The lowest BCUT2D eigenvalue weighted by Gasteiger charge is -2.24. The van der Waals surface area contributed by atoms with Crippen molar-refractivity contribution in [3.05, 3.63) is 59.3 Å². The van der Waals surface area contributed by atoms with E-state index in [2.05, 4.69) is 4.98 Å². The number of hydrogen-bond acceptors (Lipinski definition) is 4. The van der Waals surface area contributed by atoms with Gasteiger partial charge in [-0.2, -0.15) is 0 Å². The van der Waals surface area contributed by atoms with E-state index < -0.39 is 17.7 Å². The van der Waals surface area contributed by atoms with Crippen LogP contribution in [0.3, 0.4) is 0 Å². The predicted molar refractivity (Wildman–Crippen MR) is 80.9 cm³/mol. The number of halogens is 2. The minimum atomic E-state index is -0.576. The first-order valence-corrected chi connectivity index (χ1v) is 7.44. The van der Waals surface area contributed by atoms with Gasteiger partial charge in [0.05, 0.1) is 18.9 Å². The van der Waals surface area contributed by atoms with E-state index in [0.717, 1.165) is 17.8 Å². The standard InChI is InChI=1S/C17H18F2N2O2/c1-23-17-4-2-3-12(20-17)9-21-10-13(22)8-16(21)14-7-11(18)5-6-15(14)19/h2-7,13,16,22H,8-10H2,1H3. The summed E-state index contributed by atoms with van der Waals surface area (Å²) in [7, 11) is 1.54. The molecule has 1 aliphatic rings. The lowest BCUT2D eigenvalue weighted by atomic mass is 10.0. The molecular weight excluding hydrogens is 302 g/mol. The Morgan fingerprint density at radius 3 is 2.91 bits per heavy atom. The molecule has 0 amide bonds. The summed E-state index contributed by atoms with van der Waals surface area (Å²) < 4.78 is 32.6. The summed E-state index contributed by atoms with van der Waals surface area (Å²) in [6.45, 7) is 0.814. The molecule has 2 heterocycles. The smallest absolute Gasteiger partial charge is 0.213 e. The van der Waals surface area contributed by atoms with Gasteiger partial charge in [-0.05, 0) is 30.7 Å². The number of methoxy groups -OCH3 is 1. The van der Waals surface area contributed by atoms with E-state index in [-0.39, 0.29) is 11.6 Å². The van der Waals surface area contributed by atoms with Crippen LogP contribution in [0.5, 0.6) is 5.88 Å². The zero-order valence-electron chi connectivity index (χ0n) is 12.7. The summed E-state index contributed by atoms with van der Waals surface area (Å²) in [4.78, 5) is 6.24. The number of aliphatic hydroxyl groups excluding tert-OH is 1. The van der Waals surface area contributed by atoms with Crippen molar-refractivity contribution >= 4 is 0 Å². The highest BCUT2D eigenvalue weighted by atomic mass is 19.1. The minimum absolute atomic E-state index is 0.268. The van der Waals surface area contributed by atoms with Gasteiger partial charge in [0.1, 0.15) is 11.6 Å². The molecule has 122 valence electrons. The van der Waals surface area contributed by atoms with Crippen molar-refractivity contribution in [3.63, 3.8) is 0 Å². The molecule has 1 N–H and O–H groups in total. The number of nitrogens with zero attached hydrogens (tertiary/aromatic N) is 2. The number of aliphatic hydroxyl groups is 1. The molecule has 1 aromatic heterocycles. The first kappa shape index (κ1) is 15.8. The third-order valence-electron chi connectivity index (χ3n) is 4.05. The SMILES string of the molecule is COc1cccc(CN2CC(O)CC2c2cc(F)ccc2F)n1. The van der Waals surface area contributed by atoms with Crippen LogP contribution in [0.25, 0.3) is 0 Å². The average Bonchev–Trinajstić information content (AvgIpc) is 2.90. The van der Waals surface area contributed by atoms with Crippen molar-refractivity contribution in [1.29, 1.82) is 0 Å². The Morgan fingerprint density at radius 1 is 1.30 bits per heavy atom. The Kier molecular flexibility index (Phi) is 4.54. The normalized spacial score (nSPS) is 21.6. The van der Waals surface area contributed by atoms with Gasteiger partial charge in [0.2, 0.25) is 5.88 Å². The zero-order valence-corrected chi connectivity index (χ0v) is 12.7. The molecule has 4 nitrogen and oxygen atoms in total. The van der Waals surface area contributed by atoms with E-state index in [1.807, 2.05) is 17.0 Å². The Balaban J connectivity index is 1.86. The fraction of sp³-hybridized carbons (Fsp3) is 0.353. The second-order valence-corrected chi connectivity index (χ2v) is 5.67. The maximum absolute atomic E-state index is 14.1. The first-order chi connectivity index (χ1) is 11.1. The maximum Gasteiger partial charge on any atom is 0.213 e. The highest BCUT2D eigenvalue weighted by Gasteiger charge is 2.34.